The summed E-state index contributed by atoms with van der Waals surface area (Å²) in [5.74, 6) is 1.40. The number of amides is 1. The summed E-state index contributed by atoms with van der Waals surface area (Å²) < 4.78 is 11.5. The molecule has 7 heteroatoms. The summed E-state index contributed by atoms with van der Waals surface area (Å²) in [7, 11) is 3.89. The molecule has 1 atom stereocenters. The van der Waals surface area contributed by atoms with Crippen molar-refractivity contribution in [3.05, 3.63) is 47.3 Å². The molecule has 28 heavy (non-hydrogen) atoms. The second-order valence-electron chi connectivity index (χ2n) is 7.77. The summed E-state index contributed by atoms with van der Waals surface area (Å²) in [4.78, 5) is 26.0. The topological polar surface area (TPSA) is 67.8 Å². The van der Waals surface area contributed by atoms with Gasteiger partial charge in [-0.3, -0.25) is 4.79 Å². The Bertz CT molecular complexity index is 871. The van der Waals surface area contributed by atoms with Crippen molar-refractivity contribution in [3.8, 4) is 5.75 Å². The number of rotatable bonds is 4. The van der Waals surface area contributed by atoms with Crippen LogP contribution in [0.25, 0.3) is 0 Å². The van der Waals surface area contributed by atoms with Gasteiger partial charge in [-0.1, -0.05) is 18.2 Å². The minimum absolute atomic E-state index is 0.00790. The summed E-state index contributed by atoms with van der Waals surface area (Å²) >= 11 is 0. The molecule has 1 amide bonds. The van der Waals surface area contributed by atoms with Gasteiger partial charge < -0.3 is 19.3 Å². The number of ether oxygens (including phenoxy) is 2. The molecule has 0 radical (unpaired) electrons. The van der Waals surface area contributed by atoms with Crippen molar-refractivity contribution >= 4 is 11.9 Å². The Morgan fingerprint density at radius 3 is 2.82 bits per heavy atom. The van der Waals surface area contributed by atoms with Crippen LogP contribution in [0.15, 0.2) is 30.3 Å². The number of aryl methyl sites for hydroxylation is 1. The number of hydrogen-bond donors (Lipinski definition) is 0. The van der Waals surface area contributed by atoms with E-state index in [1.165, 1.54) is 0 Å². The van der Waals surface area contributed by atoms with Gasteiger partial charge in [-0.2, -0.15) is 0 Å². The van der Waals surface area contributed by atoms with Gasteiger partial charge in [0.15, 0.2) is 6.61 Å². The second-order valence-corrected chi connectivity index (χ2v) is 7.77. The third-order valence-electron chi connectivity index (χ3n) is 5.54. The van der Waals surface area contributed by atoms with Crippen molar-refractivity contribution in [1.82, 2.24) is 14.9 Å². The first-order valence-corrected chi connectivity index (χ1v) is 9.57. The van der Waals surface area contributed by atoms with Gasteiger partial charge in [-0.05, 0) is 25.5 Å². The zero-order valence-corrected chi connectivity index (χ0v) is 16.6. The van der Waals surface area contributed by atoms with E-state index in [4.69, 9.17) is 14.5 Å². The van der Waals surface area contributed by atoms with E-state index >= 15 is 0 Å². The Balaban J connectivity index is 1.52. The third kappa shape index (κ3) is 3.42. The van der Waals surface area contributed by atoms with E-state index in [-0.39, 0.29) is 17.9 Å². The fourth-order valence-electron chi connectivity index (χ4n) is 3.96. The number of benzene rings is 1. The number of para-hydroxylation sites is 1. The van der Waals surface area contributed by atoms with E-state index in [0.29, 0.717) is 38.0 Å². The molecule has 7 nitrogen and oxygen atoms in total. The molecule has 3 heterocycles. The van der Waals surface area contributed by atoms with Crippen LogP contribution in [0.2, 0.25) is 0 Å². The predicted octanol–water partition coefficient (Wildman–Crippen LogP) is 1.93. The first-order valence-electron chi connectivity index (χ1n) is 9.57. The maximum atomic E-state index is 12.7. The molecule has 0 N–H and O–H groups in total. The van der Waals surface area contributed by atoms with E-state index in [0.717, 1.165) is 23.4 Å². The normalized spacial score (nSPS) is 20.9. The van der Waals surface area contributed by atoms with Crippen LogP contribution >= 0.6 is 0 Å². The second kappa shape index (κ2) is 7.39. The van der Waals surface area contributed by atoms with Crippen LogP contribution in [0.4, 0.5) is 5.95 Å². The fourth-order valence-corrected chi connectivity index (χ4v) is 3.96. The van der Waals surface area contributed by atoms with Gasteiger partial charge in [0.2, 0.25) is 5.95 Å². The largest absolute Gasteiger partial charge is 0.484 e. The standard InChI is InChI=1S/C21H26N4O3/c1-15-17-11-27-14-21(19(17)23-20(22-15)24(2)3)9-10-25(13-21)18(26)12-28-16-7-5-4-6-8-16/h4-8H,9-14H2,1-3H3. The summed E-state index contributed by atoms with van der Waals surface area (Å²) in [5, 5.41) is 0. The molecule has 0 saturated carbocycles. The van der Waals surface area contributed by atoms with Crippen LogP contribution in [0, 0.1) is 6.92 Å². The van der Waals surface area contributed by atoms with Crippen molar-refractivity contribution in [2.75, 3.05) is 45.3 Å². The molecule has 1 aromatic heterocycles. The average molecular weight is 382 g/mol. The maximum absolute atomic E-state index is 12.7. The minimum Gasteiger partial charge on any atom is -0.484 e. The van der Waals surface area contributed by atoms with Gasteiger partial charge in [-0.15, -0.1) is 0 Å². The van der Waals surface area contributed by atoms with Crippen LogP contribution in [-0.4, -0.2) is 61.2 Å². The number of aromatic nitrogens is 2. The quantitative estimate of drug-likeness (QED) is 0.805. The molecule has 4 rings (SSSR count). The highest BCUT2D eigenvalue weighted by Gasteiger charge is 2.46. The van der Waals surface area contributed by atoms with Crippen molar-refractivity contribution in [2.45, 2.75) is 25.4 Å². The van der Waals surface area contributed by atoms with Crippen molar-refractivity contribution in [1.29, 1.82) is 0 Å². The molecule has 1 fully saturated rings. The third-order valence-corrected chi connectivity index (χ3v) is 5.54. The lowest BCUT2D eigenvalue weighted by Gasteiger charge is -2.35. The number of nitrogens with zero attached hydrogens (tertiary/aromatic N) is 4. The fraction of sp³-hybridized carbons (Fsp3) is 0.476. The summed E-state index contributed by atoms with van der Waals surface area (Å²) in [6, 6.07) is 9.42. The number of hydrogen-bond acceptors (Lipinski definition) is 6. The summed E-state index contributed by atoms with van der Waals surface area (Å²) in [5.41, 5.74) is 2.78. The van der Waals surface area contributed by atoms with Crippen LogP contribution in [-0.2, 0) is 21.6 Å². The van der Waals surface area contributed by atoms with Crippen LogP contribution in [0.3, 0.4) is 0 Å². The molecule has 1 saturated heterocycles. The molecular formula is C21H26N4O3. The van der Waals surface area contributed by atoms with Crippen molar-refractivity contribution < 1.29 is 14.3 Å². The van der Waals surface area contributed by atoms with E-state index in [9.17, 15) is 4.79 Å². The number of likely N-dealkylation sites (tertiary alicyclic amines) is 1. The van der Waals surface area contributed by atoms with Crippen molar-refractivity contribution in [2.24, 2.45) is 0 Å². The SMILES string of the molecule is Cc1nc(N(C)C)nc2c1COCC21CCN(C(=O)COc2ccccc2)C1. The van der Waals surface area contributed by atoms with Gasteiger partial charge in [0, 0.05) is 38.4 Å². The van der Waals surface area contributed by atoms with Crippen molar-refractivity contribution in [3.63, 3.8) is 0 Å². The van der Waals surface area contributed by atoms with Gasteiger partial charge in [0.1, 0.15) is 5.75 Å². The molecule has 2 aliphatic rings. The Morgan fingerprint density at radius 1 is 1.29 bits per heavy atom. The van der Waals surface area contributed by atoms with Gasteiger partial charge in [0.25, 0.3) is 5.91 Å². The molecule has 1 aromatic carbocycles. The highest BCUT2D eigenvalue weighted by Crippen LogP contribution is 2.40. The lowest BCUT2D eigenvalue weighted by Crippen LogP contribution is -2.43. The molecule has 0 aliphatic carbocycles. The zero-order valence-electron chi connectivity index (χ0n) is 16.6. The average Bonchev–Trinajstić information content (AvgIpc) is 3.12. The molecule has 2 aliphatic heterocycles. The Labute approximate surface area is 165 Å². The number of carbonyl (C=O) groups excluding carboxylic acids is 1. The molecule has 2 aromatic rings. The molecule has 148 valence electrons. The smallest absolute Gasteiger partial charge is 0.260 e. The van der Waals surface area contributed by atoms with Gasteiger partial charge in [0.05, 0.1) is 24.3 Å². The Hall–Kier alpha value is -2.67. The van der Waals surface area contributed by atoms with E-state index in [2.05, 4.69) is 4.98 Å². The maximum Gasteiger partial charge on any atom is 0.260 e. The first-order chi connectivity index (χ1) is 13.5. The van der Waals surface area contributed by atoms with Gasteiger partial charge >= 0.3 is 0 Å². The van der Waals surface area contributed by atoms with E-state index in [1.54, 1.807) is 0 Å². The summed E-state index contributed by atoms with van der Waals surface area (Å²) in [6.07, 6.45) is 0.834. The first kappa shape index (κ1) is 18.7. The molecule has 0 bridgehead atoms. The predicted molar refractivity (Wildman–Crippen MR) is 106 cm³/mol. The monoisotopic (exact) mass is 382 g/mol. The van der Waals surface area contributed by atoms with E-state index in [1.807, 2.05) is 61.2 Å². The lowest BCUT2D eigenvalue weighted by atomic mass is 9.80. The zero-order chi connectivity index (χ0) is 19.7. The molecular weight excluding hydrogens is 356 g/mol. The van der Waals surface area contributed by atoms with Crippen LogP contribution in [0.1, 0.15) is 23.4 Å². The highest BCUT2D eigenvalue weighted by molar-refractivity contribution is 5.78. The Morgan fingerprint density at radius 2 is 2.07 bits per heavy atom. The van der Waals surface area contributed by atoms with Crippen LogP contribution < -0.4 is 9.64 Å². The number of carbonyl (C=O) groups is 1. The Kier molecular flexibility index (Phi) is 4.93. The highest BCUT2D eigenvalue weighted by atomic mass is 16.5. The molecule has 1 unspecified atom stereocenters. The van der Waals surface area contributed by atoms with Gasteiger partial charge in [-0.25, -0.2) is 9.97 Å². The minimum atomic E-state index is -0.269. The number of fused-ring (bicyclic) bond motifs is 2. The lowest BCUT2D eigenvalue weighted by molar-refractivity contribution is -0.132. The summed E-state index contributed by atoms with van der Waals surface area (Å²) in [6.45, 7) is 4.43. The molecule has 1 spiro atoms. The van der Waals surface area contributed by atoms with E-state index < -0.39 is 0 Å². The number of anilines is 1. The van der Waals surface area contributed by atoms with Crippen LogP contribution in [0.5, 0.6) is 5.75 Å².